The van der Waals surface area contributed by atoms with Crippen molar-refractivity contribution in [3.05, 3.63) is 54.1 Å². The molecule has 1 amide bonds. The van der Waals surface area contributed by atoms with Crippen LogP contribution in [0.2, 0.25) is 0 Å². The van der Waals surface area contributed by atoms with Crippen molar-refractivity contribution in [2.75, 3.05) is 17.8 Å². The smallest absolute Gasteiger partial charge is 0.465 e. The Morgan fingerprint density at radius 2 is 1.90 bits per heavy atom. The van der Waals surface area contributed by atoms with E-state index in [4.69, 9.17) is 5.11 Å². The number of carboxylic acid groups (broad SMARTS) is 1. The van der Waals surface area contributed by atoms with Crippen LogP contribution in [-0.4, -0.2) is 44.0 Å². The van der Waals surface area contributed by atoms with Crippen LogP contribution < -0.4 is 9.46 Å². The number of benzene rings is 2. The Labute approximate surface area is 164 Å². The van der Waals surface area contributed by atoms with Crippen molar-refractivity contribution in [2.24, 2.45) is 0 Å². The molecule has 0 saturated carbocycles. The van der Waals surface area contributed by atoms with Gasteiger partial charge in [0.25, 0.3) is 10.0 Å². The van der Waals surface area contributed by atoms with Crippen molar-refractivity contribution in [1.29, 1.82) is 0 Å². The van der Waals surface area contributed by atoms with Gasteiger partial charge in [0.05, 0.1) is 4.90 Å². The predicted molar refractivity (Wildman–Crippen MR) is 97.3 cm³/mol. The van der Waals surface area contributed by atoms with Crippen LogP contribution in [0.5, 0.6) is 5.75 Å². The van der Waals surface area contributed by atoms with Crippen molar-refractivity contribution < 1.29 is 36.2 Å². The number of amides is 1. The summed E-state index contributed by atoms with van der Waals surface area (Å²) >= 11 is 0. The molecule has 2 aromatic rings. The van der Waals surface area contributed by atoms with E-state index in [1.807, 2.05) is 0 Å². The van der Waals surface area contributed by atoms with E-state index >= 15 is 0 Å². The summed E-state index contributed by atoms with van der Waals surface area (Å²) in [5, 5.41) is 9.06. The maximum Gasteiger partial charge on any atom is 0.573 e. The third kappa shape index (κ3) is 5.31. The summed E-state index contributed by atoms with van der Waals surface area (Å²) < 4.78 is 68.3. The van der Waals surface area contributed by atoms with Crippen LogP contribution in [0.15, 0.2) is 53.4 Å². The van der Waals surface area contributed by atoms with Crippen molar-refractivity contribution in [2.45, 2.75) is 23.6 Å². The first kappa shape index (κ1) is 20.8. The number of hydrogen-bond acceptors (Lipinski definition) is 4. The Morgan fingerprint density at radius 1 is 1.17 bits per heavy atom. The minimum absolute atomic E-state index is 0.0703. The van der Waals surface area contributed by atoms with E-state index in [0.29, 0.717) is 19.5 Å². The highest BCUT2D eigenvalue weighted by Gasteiger charge is 2.31. The molecule has 3 rings (SSSR count). The number of hydrogen-bond donors (Lipinski definition) is 2. The normalized spacial score (nSPS) is 17.2. The molecule has 1 aliphatic heterocycles. The zero-order valence-electron chi connectivity index (χ0n) is 14.9. The highest BCUT2D eigenvalue weighted by Crippen LogP contribution is 2.30. The van der Waals surface area contributed by atoms with Gasteiger partial charge in [-0.2, -0.15) is 0 Å². The lowest BCUT2D eigenvalue weighted by Crippen LogP contribution is -2.26. The minimum Gasteiger partial charge on any atom is -0.465 e. The quantitative estimate of drug-likeness (QED) is 0.751. The van der Waals surface area contributed by atoms with Crippen molar-refractivity contribution in [1.82, 2.24) is 4.90 Å². The summed E-state index contributed by atoms with van der Waals surface area (Å²) in [5.74, 6) is -0.715. The first-order valence-electron chi connectivity index (χ1n) is 8.50. The lowest BCUT2D eigenvalue weighted by atomic mass is 9.98. The summed E-state index contributed by atoms with van der Waals surface area (Å²) in [5.41, 5.74) is 0.988. The van der Waals surface area contributed by atoms with Gasteiger partial charge in [-0.3, -0.25) is 4.72 Å². The van der Waals surface area contributed by atoms with E-state index in [9.17, 15) is 26.4 Å². The van der Waals surface area contributed by atoms with Gasteiger partial charge < -0.3 is 14.7 Å². The lowest BCUT2D eigenvalue weighted by molar-refractivity contribution is -0.274. The number of anilines is 1. The van der Waals surface area contributed by atoms with Crippen molar-refractivity contribution in [3.8, 4) is 5.75 Å². The average Bonchev–Trinajstić information content (AvgIpc) is 3.11. The van der Waals surface area contributed by atoms with Crippen LogP contribution in [0.3, 0.4) is 0 Å². The van der Waals surface area contributed by atoms with Gasteiger partial charge in [-0.15, -0.1) is 13.2 Å². The van der Waals surface area contributed by atoms with Crippen LogP contribution >= 0.6 is 0 Å². The molecule has 0 spiro atoms. The molecule has 1 fully saturated rings. The number of likely N-dealkylation sites (tertiary alicyclic amines) is 1. The molecule has 1 heterocycles. The van der Waals surface area contributed by atoms with Crippen molar-refractivity contribution in [3.63, 3.8) is 0 Å². The van der Waals surface area contributed by atoms with Crippen LogP contribution in [-0.2, 0) is 10.0 Å². The van der Waals surface area contributed by atoms with Crippen molar-refractivity contribution >= 4 is 21.8 Å². The first-order chi connectivity index (χ1) is 13.5. The number of carbonyl (C=O) groups is 1. The molecule has 156 valence electrons. The van der Waals surface area contributed by atoms with Crippen LogP contribution in [0.1, 0.15) is 17.9 Å². The summed E-state index contributed by atoms with van der Waals surface area (Å²) in [7, 11) is -4.16. The zero-order chi connectivity index (χ0) is 21.2. The Hall–Kier alpha value is -2.95. The summed E-state index contributed by atoms with van der Waals surface area (Å²) in [6.07, 6.45) is -5.33. The van der Waals surface area contributed by atoms with Crippen LogP contribution in [0.4, 0.5) is 23.7 Å². The molecular weight excluding hydrogens is 413 g/mol. The minimum atomic E-state index is -4.94. The van der Waals surface area contributed by atoms with Gasteiger partial charge in [-0.25, -0.2) is 13.2 Å². The van der Waals surface area contributed by atoms with Gasteiger partial charge in [0.2, 0.25) is 0 Å². The summed E-state index contributed by atoms with van der Waals surface area (Å²) in [6.45, 7) is 0.699. The molecule has 0 bridgehead atoms. The standard InChI is InChI=1S/C18H17F3N2O5S/c19-18(20,21)28-15-5-2-6-16(10-15)29(26,27)22-14-4-1-3-12(9-14)13-7-8-23(11-13)17(24)25/h1-6,9-10,13,22H,7-8,11H2,(H,24,25). The van der Waals surface area contributed by atoms with Gasteiger partial charge in [0.15, 0.2) is 0 Å². The number of nitrogens with zero attached hydrogens (tertiary/aromatic N) is 1. The molecule has 0 aliphatic carbocycles. The van der Waals surface area contributed by atoms with Crippen LogP contribution in [0, 0.1) is 0 Å². The van der Waals surface area contributed by atoms with E-state index in [2.05, 4.69) is 9.46 Å². The zero-order valence-corrected chi connectivity index (χ0v) is 15.7. The number of halogens is 3. The van der Waals surface area contributed by atoms with Gasteiger partial charge in [-0.05, 0) is 36.2 Å². The summed E-state index contributed by atoms with van der Waals surface area (Å²) in [4.78, 5) is 12.0. The Balaban J connectivity index is 1.78. The van der Waals surface area contributed by atoms with E-state index in [1.54, 1.807) is 18.2 Å². The van der Waals surface area contributed by atoms with Gasteiger partial charge in [-0.1, -0.05) is 18.2 Å². The molecule has 0 aromatic heterocycles. The Kier molecular flexibility index (Phi) is 5.60. The number of nitrogens with one attached hydrogen (secondary N) is 1. The third-order valence-electron chi connectivity index (χ3n) is 4.42. The maximum absolute atomic E-state index is 12.6. The van der Waals surface area contributed by atoms with E-state index < -0.39 is 28.2 Å². The van der Waals surface area contributed by atoms with E-state index in [0.717, 1.165) is 29.8 Å². The van der Waals surface area contributed by atoms with Gasteiger partial charge in [0.1, 0.15) is 5.75 Å². The Bertz CT molecular complexity index is 1010. The first-order valence-corrected chi connectivity index (χ1v) is 9.98. The summed E-state index contributed by atoms with van der Waals surface area (Å²) in [6, 6.07) is 10.6. The molecule has 1 saturated heterocycles. The largest absolute Gasteiger partial charge is 0.573 e. The monoisotopic (exact) mass is 430 g/mol. The molecule has 2 aromatic carbocycles. The molecule has 11 heteroatoms. The SMILES string of the molecule is O=C(O)N1CCC(c2cccc(NS(=O)(=O)c3cccc(OC(F)(F)F)c3)c2)C1. The second kappa shape index (κ2) is 7.82. The van der Waals surface area contributed by atoms with Gasteiger partial charge in [0, 0.05) is 30.8 Å². The second-order valence-electron chi connectivity index (χ2n) is 6.47. The molecule has 0 radical (unpaired) electrons. The molecule has 1 unspecified atom stereocenters. The fraction of sp³-hybridized carbons (Fsp3) is 0.278. The fourth-order valence-corrected chi connectivity index (χ4v) is 4.20. The fourth-order valence-electron chi connectivity index (χ4n) is 3.11. The number of alkyl halides is 3. The molecule has 2 N–H and O–H groups in total. The highest BCUT2D eigenvalue weighted by atomic mass is 32.2. The lowest BCUT2D eigenvalue weighted by Gasteiger charge is -2.15. The topological polar surface area (TPSA) is 95.9 Å². The predicted octanol–water partition coefficient (Wildman–Crippen LogP) is 3.85. The third-order valence-corrected chi connectivity index (χ3v) is 5.80. The second-order valence-corrected chi connectivity index (χ2v) is 8.15. The molecule has 29 heavy (non-hydrogen) atoms. The molecule has 7 nitrogen and oxygen atoms in total. The van der Waals surface area contributed by atoms with Gasteiger partial charge >= 0.3 is 12.5 Å². The number of rotatable bonds is 5. The number of sulfonamides is 1. The highest BCUT2D eigenvalue weighted by molar-refractivity contribution is 7.92. The molecular formula is C18H17F3N2O5S. The van der Waals surface area contributed by atoms with E-state index in [-0.39, 0.29) is 16.5 Å². The van der Waals surface area contributed by atoms with Crippen LogP contribution in [0.25, 0.3) is 0 Å². The average molecular weight is 430 g/mol. The maximum atomic E-state index is 12.6. The molecule has 1 aliphatic rings. The number of ether oxygens (including phenoxy) is 1. The molecule has 1 atom stereocenters. The Morgan fingerprint density at radius 3 is 2.55 bits per heavy atom. The van der Waals surface area contributed by atoms with E-state index in [1.165, 1.54) is 11.0 Å².